The van der Waals surface area contributed by atoms with Crippen LogP contribution in [0.2, 0.25) is 0 Å². The van der Waals surface area contributed by atoms with Crippen molar-refractivity contribution in [2.75, 3.05) is 26.1 Å². The summed E-state index contributed by atoms with van der Waals surface area (Å²) in [5.74, 6) is -4.05. The lowest BCUT2D eigenvalue weighted by Gasteiger charge is -2.35. The summed E-state index contributed by atoms with van der Waals surface area (Å²) in [6, 6.07) is 17.6. The van der Waals surface area contributed by atoms with E-state index in [2.05, 4.69) is 15.5 Å². The Morgan fingerprint density at radius 3 is 2.28 bits per heavy atom. The molecular formula is C29H28N6O10S. The third kappa shape index (κ3) is 6.31. The first-order chi connectivity index (χ1) is 22.1. The van der Waals surface area contributed by atoms with Gasteiger partial charge in [-0.3, -0.25) is 19.2 Å². The average molecular weight is 653 g/mol. The van der Waals surface area contributed by atoms with Crippen molar-refractivity contribution >= 4 is 52.0 Å². The predicted molar refractivity (Wildman–Crippen MR) is 158 cm³/mol. The summed E-state index contributed by atoms with van der Waals surface area (Å²) < 4.78 is 16.4. The number of ether oxygens (including phenoxy) is 3. The second-order valence-corrected chi connectivity index (χ2v) is 11.0. The zero-order chi connectivity index (χ0) is 32.9. The van der Waals surface area contributed by atoms with E-state index in [-0.39, 0.29) is 29.4 Å². The summed E-state index contributed by atoms with van der Waals surface area (Å²) in [5.41, 5.74) is 7.13. The van der Waals surface area contributed by atoms with Crippen LogP contribution in [0.4, 0.5) is 9.93 Å². The Balaban J connectivity index is 1.48. The molecule has 2 aliphatic rings. The molecule has 3 aromatic rings. The summed E-state index contributed by atoms with van der Waals surface area (Å²) in [6.07, 6.45) is -2.85. The number of carbonyl (C=O) groups excluding carboxylic acids is 5. The standard InChI is InChI=1S/C29H28N6O10S/c1-41-34-21(19-14-46-26(30)32-19)23(37)33-28(15-42-27(31)40)16-43-35(24(28)38)29(13-12-20(36)45-29)25(39)44-22(17-8-4-2-5-9-17)18-10-6-3-7-11-18/h2-11,14,22H,12-13,15-16H2,1H3,(H2,30,32)(H2,31,40)(H,33,37). The Morgan fingerprint density at radius 1 is 1.11 bits per heavy atom. The van der Waals surface area contributed by atoms with Gasteiger partial charge < -0.3 is 35.8 Å². The van der Waals surface area contributed by atoms with Gasteiger partial charge in [-0.05, 0) is 11.1 Å². The Kier molecular flexibility index (Phi) is 9.15. The molecule has 2 saturated heterocycles. The van der Waals surface area contributed by atoms with Gasteiger partial charge in [0.1, 0.15) is 26.0 Å². The van der Waals surface area contributed by atoms with Crippen LogP contribution in [0.25, 0.3) is 0 Å². The molecule has 2 fully saturated rings. The van der Waals surface area contributed by atoms with Gasteiger partial charge in [0.15, 0.2) is 22.5 Å². The number of nitrogens with two attached hydrogens (primary N) is 2. The van der Waals surface area contributed by atoms with Crippen LogP contribution >= 0.6 is 11.3 Å². The molecule has 0 aliphatic carbocycles. The number of primary amides is 1. The average Bonchev–Trinajstić information content (AvgIpc) is 3.75. The second kappa shape index (κ2) is 13.2. The van der Waals surface area contributed by atoms with Gasteiger partial charge in [-0.25, -0.2) is 14.6 Å². The quantitative estimate of drug-likeness (QED) is 0.115. The molecule has 5 N–H and O–H groups in total. The number of anilines is 1. The fourth-order valence-corrected chi connectivity index (χ4v) is 5.41. The largest absolute Gasteiger partial charge is 0.448 e. The van der Waals surface area contributed by atoms with Crippen molar-refractivity contribution in [1.29, 1.82) is 0 Å². The highest BCUT2D eigenvalue weighted by molar-refractivity contribution is 7.13. The Bertz CT molecular complexity index is 1630. The first kappa shape index (κ1) is 31.9. The van der Waals surface area contributed by atoms with Crippen molar-refractivity contribution in [3.05, 3.63) is 82.9 Å². The van der Waals surface area contributed by atoms with Crippen LogP contribution in [-0.2, 0) is 43.1 Å². The number of nitrogens with one attached hydrogen (secondary N) is 1. The van der Waals surface area contributed by atoms with Crippen LogP contribution in [0.5, 0.6) is 0 Å². The molecule has 46 heavy (non-hydrogen) atoms. The van der Waals surface area contributed by atoms with Crippen LogP contribution in [0.1, 0.15) is 35.8 Å². The third-order valence-corrected chi connectivity index (χ3v) is 7.71. The van der Waals surface area contributed by atoms with Gasteiger partial charge in [-0.15, -0.1) is 11.3 Å². The van der Waals surface area contributed by atoms with Crippen LogP contribution < -0.4 is 16.8 Å². The molecule has 0 saturated carbocycles. The summed E-state index contributed by atoms with van der Waals surface area (Å²) in [4.78, 5) is 80.3. The number of nitrogen functional groups attached to an aromatic ring is 1. The lowest BCUT2D eigenvalue weighted by Crippen LogP contribution is -2.64. The number of oxime groups is 1. The number of esters is 2. The van der Waals surface area contributed by atoms with Crippen molar-refractivity contribution in [1.82, 2.24) is 15.4 Å². The van der Waals surface area contributed by atoms with Crippen molar-refractivity contribution in [2.45, 2.75) is 30.2 Å². The van der Waals surface area contributed by atoms with Gasteiger partial charge in [0.05, 0.1) is 6.42 Å². The normalized spacial score (nSPS) is 21.2. The minimum Gasteiger partial charge on any atom is -0.448 e. The predicted octanol–water partition coefficient (Wildman–Crippen LogP) is 1.17. The molecule has 5 rings (SSSR count). The van der Waals surface area contributed by atoms with Gasteiger partial charge in [0, 0.05) is 11.8 Å². The van der Waals surface area contributed by atoms with E-state index < -0.39 is 60.4 Å². The van der Waals surface area contributed by atoms with Crippen molar-refractivity contribution in [3.63, 3.8) is 0 Å². The maximum Gasteiger partial charge on any atom is 0.404 e. The summed E-state index contributed by atoms with van der Waals surface area (Å²) >= 11 is 1.02. The van der Waals surface area contributed by atoms with Crippen molar-refractivity contribution < 1.29 is 47.9 Å². The van der Waals surface area contributed by atoms with Crippen LogP contribution in [-0.4, -0.2) is 77.2 Å². The Labute approximate surface area is 265 Å². The SMILES string of the molecule is CON=C(C(=O)NC1(COC(N)=O)CON(C2(C(=O)OC(c3ccccc3)c3ccccc3)CCC(=O)O2)C1=O)c1csc(N)n1. The van der Waals surface area contributed by atoms with E-state index in [9.17, 15) is 24.0 Å². The molecule has 2 unspecified atom stereocenters. The Hall–Kier alpha value is -5.55. The number of cyclic esters (lactones) is 1. The molecule has 3 heterocycles. The third-order valence-electron chi connectivity index (χ3n) is 7.04. The number of amides is 3. The number of nitrogens with zero attached hydrogens (tertiary/aromatic N) is 3. The number of benzene rings is 2. The molecule has 16 nitrogen and oxygen atoms in total. The summed E-state index contributed by atoms with van der Waals surface area (Å²) in [7, 11) is 1.18. The zero-order valence-corrected chi connectivity index (χ0v) is 25.1. The molecular weight excluding hydrogens is 624 g/mol. The Morgan fingerprint density at radius 2 is 1.76 bits per heavy atom. The second-order valence-electron chi connectivity index (χ2n) is 10.1. The molecule has 2 aliphatic heterocycles. The van der Waals surface area contributed by atoms with E-state index in [4.69, 9.17) is 35.4 Å². The summed E-state index contributed by atoms with van der Waals surface area (Å²) in [6.45, 7) is -1.52. The van der Waals surface area contributed by atoms with E-state index in [0.717, 1.165) is 11.3 Å². The maximum absolute atomic E-state index is 14.2. The topological polar surface area (TPSA) is 224 Å². The highest BCUT2D eigenvalue weighted by Crippen LogP contribution is 2.39. The fraction of sp³-hybridized carbons (Fsp3) is 0.276. The van der Waals surface area contributed by atoms with Crippen molar-refractivity contribution in [2.24, 2.45) is 10.9 Å². The number of rotatable bonds is 11. The molecule has 240 valence electrons. The molecule has 2 atom stereocenters. The zero-order valence-electron chi connectivity index (χ0n) is 24.2. The number of thiazole rings is 1. The van der Waals surface area contributed by atoms with Gasteiger partial charge >= 0.3 is 23.8 Å². The van der Waals surface area contributed by atoms with Gasteiger partial charge in [0.25, 0.3) is 11.8 Å². The van der Waals surface area contributed by atoms with E-state index in [1.165, 1.54) is 12.5 Å². The number of hydroxylamine groups is 2. The smallest absolute Gasteiger partial charge is 0.404 e. The molecule has 1 aromatic heterocycles. The van der Waals surface area contributed by atoms with E-state index in [1.807, 2.05) is 0 Å². The highest BCUT2D eigenvalue weighted by atomic mass is 32.1. The molecule has 0 spiro atoms. The number of aromatic nitrogens is 1. The summed E-state index contributed by atoms with van der Waals surface area (Å²) in [5, 5.41) is 8.20. The number of hydrogen-bond acceptors (Lipinski definition) is 14. The number of carbonyl (C=O) groups is 5. The molecule has 17 heteroatoms. The molecule has 2 aromatic carbocycles. The lowest BCUT2D eigenvalue weighted by atomic mass is 9.98. The maximum atomic E-state index is 14.2. The van der Waals surface area contributed by atoms with Gasteiger partial charge in [-0.2, -0.15) is 5.06 Å². The van der Waals surface area contributed by atoms with E-state index >= 15 is 0 Å². The minimum absolute atomic E-state index is 0.0219. The van der Waals surface area contributed by atoms with Crippen LogP contribution in [0.3, 0.4) is 0 Å². The minimum atomic E-state index is -2.40. The molecule has 0 bridgehead atoms. The van der Waals surface area contributed by atoms with Crippen LogP contribution in [0, 0.1) is 0 Å². The van der Waals surface area contributed by atoms with Crippen molar-refractivity contribution in [3.8, 4) is 0 Å². The monoisotopic (exact) mass is 652 g/mol. The molecule has 0 radical (unpaired) electrons. The van der Waals surface area contributed by atoms with Crippen LogP contribution in [0.15, 0.2) is 71.2 Å². The van der Waals surface area contributed by atoms with Gasteiger partial charge in [0.2, 0.25) is 0 Å². The van der Waals surface area contributed by atoms with Gasteiger partial charge in [-0.1, -0.05) is 65.8 Å². The molecule has 3 amide bonds. The number of hydrogen-bond donors (Lipinski definition) is 3. The first-order valence-electron chi connectivity index (χ1n) is 13.7. The first-order valence-corrected chi connectivity index (χ1v) is 14.5. The van der Waals surface area contributed by atoms with E-state index in [0.29, 0.717) is 16.2 Å². The lowest BCUT2D eigenvalue weighted by molar-refractivity contribution is -0.260. The fourth-order valence-electron chi connectivity index (χ4n) is 4.86. The van der Waals surface area contributed by atoms with E-state index in [1.54, 1.807) is 60.7 Å². The highest BCUT2D eigenvalue weighted by Gasteiger charge is 2.64.